The normalized spacial score (nSPS) is 10.7. The number of ether oxygens (including phenoxy) is 4. The lowest BCUT2D eigenvalue weighted by Gasteiger charge is -2.12. The lowest BCUT2D eigenvalue weighted by atomic mass is 10.2. The quantitative estimate of drug-likeness (QED) is 0.752. The first-order chi connectivity index (χ1) is 11.1. The maximum absolute atomic E-state index is 5.30. The molecule has 0 bridgehead atoms. The molecule has 0 unspecified atom stereocenters. The molecular weight excluding hydrogens is 300 g/mol. The highest BCUT2D eigenvalue weighted by Gasteiger charge is 2.12. The van der Waals surface area contributed by atoms with Gasteiger partial charge in [0.25, 0.3) is 5.95 Å². The molecule has 0 amide bonds. The summed E-state index contributed by atoms with van der Waals surface area (Å²) < 4.78 is 20.9. The molecule has 23 heavy (non-hydrogen) atoms. The largest absolute Gasteiger partial charge is 0.493 e. The fourth-order valence-corrected chi connectivity index (χ4v) is 1.90. The van der Waals surface area contributed by atoms with E-state index in [0.29, 0.717) is 23.1 Å². The van der Waals surface area contributed by atoms with Gasteiger partial charge in [-0.05, 0) is 19.1 Å². The zero-order valence-electron chi connectivity index (χ0n) is 13.7. The summed E-state index contributed by atoms with van der Waals surface area (Å²) in [6.45, 7) is 1.74. The van der Waals surface area contributed by atoms with Gasteiger partial charge in [0.05, 0.1) is 28.4 Å². The van der Waals surface area contributed by atoms with E-state index in [1.807, 2.05) is 0 Å². The summed E-state index contributed by atoms with van der Waals surface area (Å²) in [5.74, 6) is 2.37. The first kappa shape index (κ1) is 16.5. The van der Waals surface area contributed by atoms with E-state index in [4.69, 9.17) is 18.9 Å². The van der Waals surface area contributed by atoms with Crippen molar-refractivity contribution in [2.45, 2.75) is 6.92 Å². The Morgan fingerprint density at radius 2 is 1.52 bits per heavy atom. The molecule has 0 aliphatic carbocycles. The van der Waals surface area contributed by atoms with Crippen molar-refractivity contribution in [2.75, 3.05) is 28.4 Å². The highest BCUT2D eigenvalue weighted by molar-refractivity contribution is 5.83. The van der Waals surface area contributed by atoms with Crippen LogP contribution in [0.1, 0.15) is 11.4 Å². The summed E-state index contributed by atoms with van der Waals surface area (Å²) in [5, 5.41) is 0. The number of methoxy groups -OCH3 is 4. The minimum Gasteiger partial charge on any atom is -0.493 e. The van der Waals surface area contributed by atoms with Crippen molar-refractivity contribution in [3.05, 3.63) is 23.5 Å². The second-order valence-corrected chi connectivity index (χ2v) is 4.39. The highest BCUT2D eigenvalue weighted by Crippen LogP contribution is 2.37. The van der Waals surface area contributed by atoms with Crippen LogP contribution in [-0.4, -0.2) is 49.6 Å². The van der Waals surface area contributed by atoms with Crippen LogP contribution < -0.4 is 18.9 Å². The van der Waals surface area contributed by atoms with Gasteiger partial charge in [0.2, 0.25) is 5.75 Å². The number of nitrogens with zero attached hydrogens (tertiary/aromatic N) is 4. The van der Waals surface area contributed by atoms with Crippen molar-refractivity contribution in [3.8, 4) is 23.3 Å². The number of hydrogen-bond donors (Lipinski definition) is 0. The van der Waals surface area contributed by atoms with Gasteiger partial charge in [-0.3, -0.25) is 0 Å². The molecule has 8 nitrogen and oxygen atoms in total. The summed E-state index contributed by atoms with van der Waals surface area (Å²) in [7, 11) is 6.15. The molecule has 0 radical (unpaired) electrons. The molecule has 0 spiro atoms. The van der Waals surface area contributed by atoms with E-state index in [1.54, 1.807) is 46.6 Å². The predicted molar refractivity (Wildman–Crippen MR) is 84.5 cm³/mol. The number of rotatable bonds is 6. The molecule has 1 aromatic heterocycles. The maximum atomic E-state index is 5.30. The zero-order valence-corrected chi connectivity index (χ0v) is 13.7. The molecule has 0 fully saturated rings. The van der Waals surface area contributed by atoms with Crippen LogP contribution in [0.4, 0.5) is 5.95 Å². The van der Waals surface area contributed by atoms with Crippen molar-refractivity contribution in [3.63, 3.8) is 0 Å². The summed E-state index contributed by atoms with van der Waals surface area (Å²) in [4.78, 5) is 16.4. The third-order valence-electron chi connectivity index (χ3n) is 2.91. The lowest BCUT2D eigenvalue weighted by molar-refractivity contribution is 0.324. The molecule has 2 rings (SSSR count). The van der Waals surface area contributed by atoms with Crippen molar-refractivity contribution in [1.82, 2.24) is 15.0 Å². The number of aryl methyl sites for hydroxylation is 1. The van der Waals surface area contributed by atoms with Crippen LogP contribution in [0.15, 0.2) is 17.1 Å². The van der Waals surface area contributed by atoms with E-state index in [2.05, 4.69) is 19.9 Å². The van der Waals surface area contributed by atoms with Gasteiger partial charge in [0.1, 0.15) is 5.82 Å². The number of benzene rings is 1. The Balaban J connectivity index is 2.37. The van der Waals surface area contributed by atoms with Crippen molar-refractivity contribution in [1.29, 1.82) is 0 Å². The molecule has 2 aromatic rings. The van der Waals surface area contributed by atoms with E-state index in [1.165, 1.54) is 7.11 Å². The van der Waals surface area contributed by atoms with Crippen LogP contribution in [0.25, 0.3) is 0 Å². The third-order valence-corrected chi connectivity index (χ3v) is 2.91. The van der Waals surface area contributed by atoms with Crippen molar-refractivity contribution in [2.24, 2.45) is 4.99 Å². The fraction of sp³-hybridized carbons (Fsp3) is 0.333. The van der Waals surface area contributed by atoms with E-state index in [9.17, 15) is 0 Å². The van der Waals surface area contributed by atoms with Crippen LogP contribution in [0.2, 0.25) is 0 Å². The zero-order chi connectivity index (χ0) is 16.8. The highest BCUT2D eigenvalue weighted by atomic mass is 16.5. The topological polar surface area (TPSA) is 88.0 Å². The van der Waals surface area contributed by atoms with E-state index < -0.39 is 0 Å². The summed E-state index contributed by atoms with van der Waals surface area (Å²) in [5.41, 5.74) is 0.747. The number of hydrogen-bond acceptors (Lipinski definition) is 8. The van der Waals surface area contributed by atoms with Gasteiger partial charge in [-0.1, -0.05) is 0 Å². The van der Waals surface area contributed by atoms with Gasteiger partial charge in [-0.15, -0.1) is 0 Å². The minimum atomic E-state index is 0.217. The van der Waals surface area contributed by atoms with Crippen molar-refractivity contribution < 1.29 is 18.9 Å². The fourth-order valence-electron chi connectivity index (χ4n) is 1.90. The average Bonchev–Trinajstić information content (AvgIpc) is 2.58. The summed E-state index contributed by atoms with van der Waals surface area (Å²) in [6, 6.07) is 3.77. The Morgan fingerprint density at radius 3 is 2.04 bits per heavy atom. The molecule has 0 N–H and O–H groups in total. The Kier molecular flexibility index (Phi) is 5.29. The monoisotopic (exact) mass is 318 g/mol. The molecule has 0 aliphatic heterocycles. The summed E-state index contributed by atoms with van der Waals surface area (Å²) in [6.07, 6.45) is 1.60. The SMILES string of the molecule is COc1nc(C)nc(N=Cc2cc(OC)c(OC)c(OC)c2)n1. The molecule has 0 saturated carbocycles. The Hall–Kier alpha value is -2.90. The van der Waals surface area contributed by atoms with E-state index in [-0.39, 0.29) is 12.0 Å². The van der Waals surface area contributed by atoms with Gasteiger partial charge < -0.3 is 18.9 Å². The van der Waals surface area contributed by atoms with Gasteiger partial charge in [0, 0.05) is 11.8 Å². The second-order valence-electron chi connectivity index (χ2n) is 4.39. The minimum absolute atomic E-state index is 0.217. The van der Waals surface area contributed by atoms with Crippen molar-refractivity contribution >= 4 is 12.2 Å². The van der Waals surface area contributed by atoms with Crippen LogP contribution in [0.5, 0.6) is 23.3 Å². The van der Waals surface area contributed by atoms with E-state index >= 15 is 0 Å². The standard InChI is InChI=1S/C15H18N4O4/c1-9-17-14(19-15(18-9)23-5)16-8-10-6-11(20-2)13(22-4)12(7-10)21-3/h6-8H,1-5H3. The van der Waals surface area contributed by atoms with Gasteiger partial charge >= 0.3 is 6.01 Å². The van der Waals surface area contributed by atoms with Crippen LogP contribution >= 0.6 is 0 Å². The van der Waals surface area contributed by atoms with Crippen LogP contribution in [0, 0.1) is 6.92 Å². The maximum Gasteiger partial charge on any atom is 0.321 e. The third kappa shape index (κ3) is 3.85. The molecule has 0 atom stereocenters. The molecule has 0 saturated heterocycles. The summed E-state index contributed by atoms with van der Waals surface area (Å²) >= 11 is 0. The predicted octanol–water partition coefficient (Wildman–Crippen LogP) is 1.97. The lowest BCUT2D eigenvalue weighted by Crippen LogP contribution is -1.98. The molecular formula is C15H18N4O4. The Morgan fingerprint density at radius 1 is 0.870 bits per heavy atom. The first-order valence-electron chi connectivity index (χ1n) is 6.72. The van der Waals surface area contributed by atoms with Gasteiger partial charge in [-0.2, -0.15) is 15.0 Å². The van der Waals surface area contributed by atoms with Crippen LogP contribution in [0.3, 0.4) is 0 Å². The molecule has 122 valence electrons. The van der Waals surface area contributed by atoms with Gasteiger partial charge in [-0.25, -0.2) is 4.99 Å². The first-order valence-corrected chi connectivity index (χ1v) is 6.72. The molecule has 0 aliphatic rings. The van der Waals surface area contributed by atoms with E-state index in [0.717, 1.165) is 5.56 Å². The van der Waals surface area contributed by atoms with Gasteiger partial charge in [0.15, 0.2) is 11.5 Å². The molecule has 8 heteroatoms. The van der Waals surface area contributed by atoms with Crippen LogP contribution in [-0.2, 0) is 0 Å². The smallest absolute Gasteiger partial charge is 0.321 e. The number of aromatic nitrogens is 3. The average molecular weight is 318 g/mol. The molecule has 1 aromatic carbocycles. The Bertz CT molecular complexity index is 694. The Labute approximate surface area is 134 Å². The molecule has 1 heterocycles. The second kappa shape index (κ2) is 7.39. The number of aliphatic imine (C=N–C) groups is 1.